The Bertz CT molecular complexity index is 499. The molecule has 0 atom stereocenters. The molecule has 0 radical (unpaired) electrons. The van der Waals surface area contributed by atoms with E-state index in [1.54, 1.807) is 25.2 Å². The molecule has 1 heterocycles. The van der Waals surface area contributed by atoms with Crippen LogP contribution < -0.4 is 5.32 Å². The summed E-state index contributed by atoms with van der Waals surface area (Å²) >= 11 is 5.91. The quantitative estimate of drug-likeness (QED) is 0.873. The van der Waals surface area contributed by atoms with Crippen LogP contribution in [0.1, 0.15) is 0 Å². The number of benzene rings is 1. The third-order valence-corrected chi connectivity index (χ3v) is 2.44. The molecular weight excluding hydrogens is 229 g/mol. The van der Waals surface area contributed by atoms with E-state index in [-0.39, 0.29) is 5.82 Å². The molecule has 2 rings (SSSR count). The largest absolute Gasteiger partial charge is 0.372 e. The van der Waals surface area contributed by atoms with E-state index < -0.39 is 0 Å². The second-order valence-corrected chi connectivity index (χ2v) is 3.59. The highest BCUT2D eigenvalue weighted by Gasteiger charge is 2.06. The fourth-order valence-corrected chi connectivity index (χ4v) is 1.57. The molecule has 0 bridgehead atoms. The van der Waals surface area contributed by atoms with Gasteiger partial charge in [0.25, 0.3) is 0 Å². The molecule has 1 aromatic carbocycles. The summed E-state index contributed by atoms with van der Waals surface area (Å²) in [6.45, 7) is 0. The normalized spacial score (nSPS) is 10.2. The van der Waals surface area contributed by atoms with Gasteiger partial charge in [0.2, 0.25) is 0 Å². The van der Waals surface area contributed by atoms with Gasteiger partial charge in [0.1, 0.15) is 11.6 Å². The highest BCUT2D eigenvalue weighted by Crippen LogP contribution is 2.26. The van der Waals surface area contributed by atoms with Gasteiger partial charge in [-0.1, -0.05) is 11.6 Å². The minimum Gasteiger partial charge on any atom is -0.372 e. The minimum atomic E-state index is -0.367. The lowest BCUT2D eigenvalue weighted by molar-refractivity contribution is 0.628. The number of rotatable bonds is 2. The number of anilines is 1. The van der Waals surface area contributed by atoms with E-state index >= 15 is 0 Å². The lowest BCUT2D eigenvalue weighted by atomic mass is 10.1. The number of nitrogens with zero attached hydrogens (tertiary/aromatic N) is 2. The molecule has 0 saturated carbocycles. The summed E-state index contributed by atoms with van der Waals surface area (Å²) < 4.78 is 12.9. The maximum absolute atomic E-state index is 12.9. The Labute approximate surface area is 97.3 Å². The third-order valence-electron chi connectivity index (χ3n) is 2.13. The summed E-state index contributed by atoms with van der Waals surface area (Å²) in [5, 5.41) is 11.1. The molecule has 0 fully saturated rings. The van der Waals surface area contributed by atoms with Gasteiger partial charge >= 0.3 is 0 Å². The molecule has 5 heteroatoms. The van der Waals surface area contributed by atoms with Gasteiger partial charge in [0.05, 0.1) is 10.7 Å². The van der Waals surface area contributed by atoms with Crippen molar-refractivity contribution in [3.05, 3.63) is 41.2 Å². The van der Waals surface area contributed by atoms with E-state index in [9.17, 15) is 4.39 Å². The van der Waals surface area contributed by atoms with Crippen LogP contribution >= 0.6 is 11.6 Å². The van der Waals surface area contributed by atoms with E-state index in [1.165, 1.54) is 12.1 Å². The van der Waals surface area contributed by atoms with Crippen LogP contribution in [0.4, 0.5) is 10.2 Å². The number of halogens is 2. The monoisotopic (exact) mass is 237 g/mol. The van der Waals surface area contributed by atoms with Crippen molar-refractivity contribution in [1.29, 1.82) is 0 Å². The predicted molar refractivity (Wildman–Crippen MR) is 62.0 cm³/mol. The first-order valence-corrected chi connectivity index (χ1v) is 5.05. The van der Waals surface area contributed by atoms with Gasteiger partial charge in [-0.2, -0.15) is 0 Å². The van der Waals surface area contributed by atoms with Crippen molar-refractivity contribution in [2.75, 3.05) is 12.4 Å². The fourth-order valence-electron chi connectivity index (χ4n) is 1.31. The average Bonchev–Trinajstić information content (AvgIpc) is 2.29. The van der Waals surface area contributed by atoms with Crippen molar-refractivity contribution in [2.45, 2.75) is 0 Å². The SMILES string of the molecule is CNc1ccc(-c2ccc(F)cc2Cl)nn1. The zero-order valence-corrected chi connectivity index (χ0v) is 9.29. The number of hydrogen-bond acceptors (Lipinski definition) is 3. The second-order valence-electron chi connectivity index (χ2n) is 3.18. The molecule has 82 valence electrons. The molecular formula is C11H9ClFN3. The van der Waals surface area contributed by atoms with Gasteiger partial charge < -0.3 is 5.32 Å². The molecule has 0 unspecified atom stereocenters. The van der Waals surface area contributed by atoms with Gasteiger partial charge in [-0.05, 0) is 30.3 Å². The first-order valence-electron chi connectivity index (χ1n) is 4.67. The topological polar surface area (TPSA) is 37.8 Å². The fraction of sp³-hybridized carbons (Fsp3) is 0.0909. The maximum atomic E-state index is 12.9. The Kier molecular flexibility index (Phi) is 3.01. The summed E-state index contributed by atoms with van der Waals surface area (Å²) in [6.07, 6.45) is 0. The lowest BCUT2D eigenvalue weighted by Gasteiger charge is -2.03. The van der Waals surface area contributed by atoms with Gasteiger partial charge in [-0.15, -0.1) is 10.2 Å². The van der Waals surface area contributed by atoms with Crippen molar-refractivity contribution >= 4 is 17.4 Å². The van der Waals surface area contributed by atoms with Crippen molar-refractivity contribution in [3.8, 4) is 11.3 Å². The highest BCUT2D eigenvalue weighted by atomic mass is 35.5. The van der Waals surface area contributed by atoms with Gasteiger partial charge in [-0.3, -0.25) is 0 Å². The highest BCUT2D eigenvalue weighted by molar-refractivity contribution is 6.33. The van der Waals surface area contributed by atoms with E-state index in [4.69, 9.17) is 11.6 Å². The Morgan fingerprint density at radius 2 is 2.00 bits per heavy atom. The third kappa shape index (κ3) is 2.12. The smallest absolute Gasteiger partial charge is 0.148 e. The Morgan fingerprint density at radius 3 is 2.56 bits per heavy atom. The zero-order chi connectivity index (χ0) is 11.5. The summed E-state index contributed by atoms with van der Waals surface area (Å²) in [7, 11) is 1.76. The molecule has 0 amide bonds. The Morgan fingerprint density at radius 1 is 1.19 bits per heavy atom. The van der Waals surface area contributed by atoms with Crippen LogP contribution in [-0.2, 0) is 0 Å². The van der Waals surface area contributed by atoms with Crippen LogP contribution in [0.5, 0.6) is 0 Å². The first-order chi connectivity index (χ1) is 7.70. The summed E-state index contributed by atoms with van der Waals surface area (Å²) in [4.78, 5) is 0. The summed E-state index contributed by atoms with van der Waals surface area (Å²) in [5.74, 6) is 0.301. The zero-order valence-electron chi connectivity index (χ0n) is 8.54. The van der Waals surface area contributed by atoms with E-state index in [0.29, 0.717) is 22.1 Å². The van der Waals surface area contributed by atoms with Crippen LogP contribution in [0.15, 0.2) is 30.3 Å². The van der Waals surface area contributed by atoms with Crippen molar-refractivity contribution in [2.24, 2.45) is 0 Å². The van der Waals surface area contributed by atoms with Gasteiger partial charge in [-0.25, -0.2) is 4.39 Å². The Hall–Kier alpha value is -1.68. The lowest BCUT2D eigenvalue weighted by Crippen LogP contribution is -1.95. The van der Waals surface area contributed by atoms with E-state index in [0.717, 1.165) is 0 Å². The van der Waals surface area contributed by atoms with Crippen LogP contribution in [0, 0.1) is 5.82 Å². The second kappa shape index (κ2) is 4.45. The average molecular weight is 238 g/mol. The maximum Gasteiger partial charge on any atom is 0.148 e. The van der Waals surface area contributed by atoms with Gasteiger partial charge in [0.15, 0.2) is 0 Å². The standard InChI is InChI=1S/C11H9ClFN3/c1-14-11-5-4-10(15-16-11)8-3-2-7(13)6-9(8)12/h2-6H,1H3,(H,14,16). The first kappa shape index (κ1) is 10.8. The molecule has 0 saturated heterocycles. The van der Waals surface area contributed by atoms with Crippen molar-refractivity contribution < 1.29 is 4.39 Å². The van der Waals surface area contributed by atoms with E-state index in [2.05, 4.69) is 15.5 Å². The number of hydrogen-bond donors (Lipinski definition) is 1. The van der Waals surface area contributed by atoms with E-state index in [1.807, 2.05) is 0 Å². The number of nitrogens with one attached hydrogen (secondary N) is 1. The van der Waals surface area contributed by atoms with Crippen molar-refractivity contribution in [3.63, 3.8) is 0 Å². The summed E-state index contributed by atoms with van der Waals surface area (Å²) in [5.41, 5.74) is 1.28. The van der Waals surface area contributed by atoms with Crippen LogP contribution in [0.25, 0.3) is 11.3 Å². The van der Waals surface area contributed by atoms with Crippen molar-refractivity contribution in [1.82, 2.24) is 10.2 Å². The Balaban J connectivity index is 2.42. The number of aromatic nitrogens is 2. The predicted octanol–water partition coefficient (Wildman–Crippen LogP) is 2.98. The molecule has 0 aliphatic rings. The molecule has 1 N–H and O–H groups in total. The van der Waals surface area contributed by atoms with Crippen LogP contribution in [-0.4, -0.2) is 17.2 Å². The van der Waals surface area contributed by atoms with Gasteiger partial charge in [0, 0.05) is 12.6 Å². The molecule has 1 aromatic heterocycles. The molecule has 0 aliphatic carbocycles. The molecule has 0 aliphatic heterocycles. The van der Waals surface area contributed by atoms with Crippen LogP contribution in [0.3, 0.4) is 0 Å². The summed E-state index contributed by atoms with van der Waals surface area (Å²) in [6, 6.07) is 7.74. The minimum absolute atomic E-state index is 0.325. The molecule has 0 spiro atoms. The van der Waals surface area contributed by atoms with Crippen LogP contribution in [0.2, 0.25) is 5.02 Å². The molecule has 2 aromatic rings. The molecule has 16 heavy (non-hydrogen) atoms. The molecule has 3 nitrogen and oxygen atoms in total.